The predicted molar refractivity (Wildman–Crippen MR) is 122 cm³/mol. The number of hydrogen-bond donors (Lipinski definition) is 2. The van der Waals surface area contributed by atoms with Crippen molar-refractivity contribution in [1.82, 2.24) is 4.90 Å². The summed E-state index contributed by atoms with van der Waals surface area (Å²) in [6.45, 7) is 6.65. The Labute approximate surface area is 194 Å². The van der Waals surface area contributed by atoms with Gasteiger partial charge in [0, 0.05) is 6.42 Å². The summed E-state index contributed by atoms with van der Waals surface area (Å²) in [4.78, 5) is 39.2. The Kier molecular flexibility index (Phi) is 7.94. The highest BCUT2D eigenvalue weighted by Gasteiger charge is 2.58. The highest BCUT2D eigenvalue weighted by atomic mass is 32.2. The molecule has 2 fully saturated rings. The molecule has 0 aromatic heterocycles. The zero-order valence-corrected chi connectivity index (χ0v) is 20.6. The van der Waals surface area contributed by atoms with Gasteiger partial charge in [-0.25, -0.2) is 4.79 Å². The molecule has 3 rings (SSSR count). The Morgan fingerprint density at radius 3 is 2.58 bits per heavy atom. The van der Waals surface area contributed by atoms with Crippen LogP contribution in [0.3, 0.4) is 0 Å². The lowest BCUT2D eigenvalue weighted by atomic mass is 9.85. The average molecular weight is 493 g/mol. The molecule has 0 saturated carbocycles. The van der Waals surface area contributed by atoms with Crippen LogP contribution < -0.4 is 0 Å². The van der Waals surface area contributed by atoms with E-state index < -0.39 is 47.3 Å². The van der Waals surface area contributed by atoms with Gasteiger partial charge in [0.25, 0.3) is 0 Å². The molecule has 3 heterocycles. The molecule has 1 unspecified atom stereocenters. The van der Waals surface area contributed by atoms with Crippen molar-refractivity contribution in [2.45, 2.75) is 63.7 Å². The first kappa shape index (κ1) is 24.8. The Hall–Kier alpha value is -0.880. The van der Waals surface area contributed by atoms with E-state index in [0.29, 0.717) is 22.8 Å². The smallest absolute Gasteiger partial charge is 0.359 e. The molecule has 0 aromatic carbocycles. The number of thioether (sulfide) groups is 2. The van der Waals surface area contributed by atoms with E-state index in [1.54, 1.807) is 13.8 Å². The number of rotatable bonds is 9. The second-order valence-electron chi connectivity index (χ2n) is 8.23. The van der Waals surface area contributed by atoms with Gasteiger partial charge in [-0.1, -0.05) is 25.6 Å². The fraction of sp³-hybridized carbons (Fsp3) is 0.750. The van der Waals surface area contributed by atoms with E-state index >= 15 is 0 Å². The van der Waals surface area contributed by atoms with Crippen LogP contribution in [0.5, 0.6) is 0 Å². The first-order chi connectivity index (χ1) is 14.6. The van der Waals surface area contributed by atoms with Crippen molar-refractivity contribution in [3.05, 3.63) is 9.93 Å². The van der Waals surface area contributed by atoms with Gasteiger partial charge in [-0.2, -0.15) is 4.55 Å². The van der Waals surface area contributed by atoms with Crippen molar-refractivity contribution >= 4 is 52.5 Å². The van der Waals surface area contributed by atoms with Crippen LogP contribution in [0.4, 0.5) is 0 Å². The van der Waals surface area contributed by atoms with E-state index in [4.69, 9.17) is 9.47 Å². The molecule has 31 heavy (non-hydrogen) atoms. The van der Waals surface area contributed by atoms with Gasteiger partial charge in [0.05, 0.1) is 26.9 Å². The Morgan fingerprint density at radius 2 is 2.03 bits per heavy atom. The normalized spacial score (nSPS) is 29.0. The maximum Gasteiger partial charge on any atom is 0.359 e. The van der Waals surface area contributed by atoms with E-state index in [2.05, 4.69) is 0 Å². The van der Waals surface area contributed by atoms with Gasteiger partial charge in [-0.3, -0.25) is 14.5 Å². The summed E-state index contributed by atoms with van der Waals surface area (Å²) in [6, 6.07) is 0. The van der Waals surface area contributed by atoms with Crippen molar-refractivity contribution in [2.75, 3.05) is 18.3 Å². The minimum atomic E-state index is -0.820. The summed E-state index contributed by atoms with van der Waals surface area (Å²) in [6.07, 6.45) is 1.23. The molecule has 174 valence electrons. The van der Waals surface area contributed by atoms with Crippen LogP contribution in [-0.2, 0) is 35.0 Å². The van der Waals surface area contributed by atoms with Crippen molar-refractivity contribution in [3.8, 4) is 0 Å². The molecule has 2 N–H and O–H groups in total. The molecule has 0 aromatic rings. The molecular weight excluding hydrogens is 462 g/mol. The van der Waals surface area contributed by atoms with Crippen LogP contribution in [-0.4, -0.2) is 67.4 Å². The summed E-state index contributed by atoms with van der Waals surface area (Å²) >= 11 is 2.24. The highest BCUT2D eigenvalue weighted by molar-refractivity contribution is 8.23. The van der Waals surface area contributed by atoms with Crippen molar-refractivity contribution in [1.29, 1.82) is 0 Å². The van der Waals surface area contributed by atoms with E-state index in [1.807, 2.05) is 13.8 Å². The molecule has 0 bridgehead atoms. The minimum absolute atomic E-state index is 0.149. The molecule has 0 radical (unpaired) electrons. The van der Waals surface area contributed by atoms with E-state index in [1.165, 1.54) is 28.4 Å². The number of hydrogen-bond acceptors (Lipinski definition) is 9. The molecule has 1 amide bonds. The fourth-order valence-electron chi connectivity index (χ4n) is 3.63. The molecule has 11 heteroatoms. The average Bonchev–Trinajstić information content (AvgIpc) is 3.27. The predicted octanol–water partition coefficient (Wildman–Crippen LogP) is 2.53. The van der Waals surface area contributed by atoms with Gasteiger partial charge in [-0.05, 0) is 26.7 Å². The van der Waals surface area contributed by atoms with Gasteiger partial charge in [0.2, 0.25) is 12.7 Å². The third-order valence-electron chi connectivity index (χ3n) is 6.22. The standard InChI is InChI=1S/C20H30NO7S3/c1-5-20(4,6-2)19(25)28-10-27-17(24)14-18(29-12-7-8-31(26)9-12)30-16-13(11(3)22)15(23)21(14)16/h11-13,16,22,26H,5-10H2,1-4H3/q+1/t11-,12+,13+,16-,31?/m1/s1. The second-order valence-corrected chi connectivity index (χ2v) is 12.6. The number of fused-ring (bicyclic) bond motifs is 1. The largest absolute Gasteiger partial charge is 0.427 e. The fourth-order valence-corrected chi connectivity index (χ4v) is 8.92. The summed E-state index contributed by atoms with van der Waals surface area (Å²) in [5.74, 6) is -0.651. The van der Waals surface area contributed by atoms with E-state index in [-0.39, 0.29) is 22.2 Å². The number of carbonyl (C=O) groups excluding carboxylic acids is 3. The van der Waals surface area contributed by atoms with Crippen LogP contribution in [0.15, 0.2) is 9.93 Å². The minimum Gasteiger partial charge on any atom is -0.427 e. The third kappa shape index (κ3) is 4.90. The molecular formula is C20H30NO7S3+. The maximum atomic E-state index is 12.9. The maximum absolute atomic E-state index is 12.9. The van der Waals surface area contributed by atoms with Crippen LogP contribution in [0.2, 0.25) is 0 Å². The number of ether oxygens (including phenoxy) is 2. The Balaban J connectivity index is 1.69. The van der Waals surface area contributed by atoms with Gasteiger partial charge < -0.3 is 14.6 Å². The van der Waals surface area contributed by atoms with Crippen LogP contribution in [0, 0.1) is 11.3 Å². The topological polar surface area (TPSA) is 113 Å². The molecule has 8 nitrogen and oxygen atoms in total. The lowest BCUT2D eigenvalue weighted by molar-refractivity contribution is -0.175. The lowest BCUT2D eigenvalue weighted by Crippen LogP contribution is -2.60. The number of carbonyl (C=O) groups is 3. The number of amides is 1. The van der Waals surface area contributed by atoms with Gasteiger partial charge >= 0.3 is 11.9 Å². The second kappa shape index (κ2) is 9.94. The van der Waals surface area contributed by atoms with Crippen LogP contribution in [0.1, 0.15) is 47.0 Å². The summed E-state index contributed by atoms with van der Waals surface area (Å²) < 4.78 is 20.9. The van der Waals surface area contributed by atoms with Crippen molar-refractivity contribution < 1.29 is 33.5 Å². The monoisotopic (exact) mass is 492 g/mol. The SMILES string of the molecule is CCC(C)(CC)C(=O)OCOC(=O)C1=C(S[C@H]2CC[S+](O)C2)S[C@@H]2[C@@H]([C@@H](C)O)C(=O)N12. The third-order valence-corrected chi connectivity index (χ3v) is 10.8. The summed E-state index contributed by atoms with van der Waals surface area (Å²) in [5, 5.41) is 9.76. The number of aliphatic hydroxyl groups is 1. The molecule has 2 saturated heterocycles. The quantitative estimate of drug-likeness (QED) is 0.217. The van der Waals surface area contributed by atoms with Crippen molar-refractivity contribution in [2.24, 2.45) is 11.3 Å². The lowest BCUT2D eigenvalue weighted by Gasteiger charge is -2.43. The number of esters is 2. The Bertz CT molecular complexity index is 768. The van der Waals surface area contributed by atoms with E-state index in [0.717, 1.165) is 12.2 Å². The van der Waals surface area contributed by atoms with Crippen molar-refractivity contribution in [3.63, 3.8) is 0 Å². The molecule has 3 aliphatic heterocycles. The number of β-lactam (4-membered cyclic amide) rings is 1. The van der Waals surface area contributed by atoms with E-state index in [9.17, 15) is 24.0 Å². The molecule has 0 spiro atoms. The number of aliphatic hydroxyl groups excluding tert-OH is 1. The summed E-state index contributed by atoms with van der Waals surface area (Å²) in [5.41, 5.74) is -0.486. The first-order valence-electron chi connectivity index (χ1n) is 10.4. The van der Waals surface area contributed by atoms with Gasteiger partial charge in [0.1, 0.15) is 22.3 Å². The molecule has 3 aliphatic rings. The molecule has 5 atom stereocenters. The van der Waals surface area contributed by atoms with Crippen LogP contribution in [0.25, 0.3) is 0 Å². The first-order valence-corrected chi connectivity index (χ1v) is 13.7. The molecule has 0 aliphatic carbocycles. The van der Waals surface area contributed by atoms with Gasteiger partial charge in [-0.15, -0.1) is 11.8 Å². The number of nitrogens with zero attached hydrogens (tertiary/aromatic N) is 1. The Morgan fingerprint density at radius 1 is 1.35 bits per heavy atom. The summed E-state index contributed by atoms with van der Waals surface area (Å²) in [7, 11) is 0. The zero-order chi connectivity index (χ0) is 22.9. The highest BCUT2D eigenvalue weighted by Crippen LogP contribution is 2.55. The van der Waals surface area contributed by atoms with Gasteiger partial charge in [0.15, 0.2) is 11.4 Å². The van der Waals surface area contributed by atoms with Crippen LogP contribution >= 0.6 is 23.5 Å². The zero-order valence-electron chi connectivity index (χ0n) is 18.2.